The van der Waals surface area contributed by atoms with E-state index < -0.39 is 115 Å². The van der Waals surface area contributed by atoms with Crippen molar-refractivity contribution in [2.24, 2.45) is 16.7 Å². The van der Waals surface area contributed by atoms with Gasteiger partial charge in [-0.15, -0.1) is 0 Å². The molecule has 1 aliphatic heterocycles. The average Bonchev–Trinajstić information content (AvgIpc) is 3.27. The van der Waals surface area contributed by atoms with Crippen molar-refractivity contribution in [3.05, 3.63) is 94.6 Å². The van der Waals surface area contributed by atoms with Crippen LogP contribution in [-0.4, -0.2) is 108 Å². The second kappa shape index (κ2) is 18.4. The predicted octanol–water partition coefficient (Wildman–Crippen LogP) is 5.85. The molecule has 15 heteroatoms. The lowest BCUT2D eigenvalue weighted by Crippen LogP contribution is -2.81. The molecule has 1 saturated heterocycles. The number of esters is 3. The Balaban J connectivity index is 1.56. The van der Waals surface area contributed by atoms with Crippen LogP contribution in [-0.2, 0) is 42.6 Å². The fourth-order valence-corrected chi connectivity index (χ4v) is 13.7. The topological polar surface area (TPSA) is 204 Å². The van der Waals surface area contributed by atoms with E-state index in [1.165, 1.54) is 26.0 Å². The number of carbonyl (C=O) groups excluding carboxylic acids is 5. The molecule has 14 nitrogen and oxygen atoms in total. The van der Waals surface area contributed by atoms with Crippen molar-refractivity contribution in [1.29, 1.82) is 0 Å². The molecule has 1 amide bonds. The molecule has 6 rings (SSSR count). The number of fused-ring (bicyclic) bond motifs is 5. The molecule has 2 aromatic carbocycles. The van der Waals surface area contributed by atoms with E-state index in [2.05, 4.69) is 5.32 Å². The van der Waals surface area contributed by atoms with Gasteiger partial charge in [0.05, 0.1) is 35.6 Å². The van der Waals surface area contributed by atoms with Gasteiger partial charge in [-0.2, -0.15) is 0 Å². The van der Waals surface area contributed by atoms with E-state index in [0.717, 1.165) is 0 Å². The number of hydrogen-bond donors (Lipinski definition) is 4. The number of nitrogens with one attached hydrogen (secondary N) is 1. The Kier molecular flexibility index (Phi) is 14.1. The number of carbonyl (C=O) groups is 5. The Hall–Kier alpha value is -4.51. The van der Waals surface area contributed by atoms with E-state index in [-0.39, 0.29) is 29.7 Å². The largest absolute Gasteiger partial charge is 0.456 e. The van der Waals surface area contributed by atoms with E-state index in [9.17, 15) is 29.7 Å². The predicted molar refractivity (Wildman–Crippen MR) is 238 cm³/mol. The summed E-state index contributed by atoms with van der Waals surface area (Å²) in [5.74, 6) is -5.27. The van der Waals surface area contributed by atoms with Gasteiger partial charge in [-0.25, -0.2) is 9.59 Å². The minimum Gasteiger partial charge on any atom is -0.456 e. The first-order valence-electron chi connectivity index (χ1n) is 22.4. The highest BCUT2D eigenvalue weighted by Gasteiger charge is 2.78. The molecule has 4 aliphatic rings. The summed E-state index contributed by atoms with van der Waals surface area (Å²) in [7, 11) is -2.68. The van der Waals surface area contributed by atoms with Crippen LogP contribution in [0.4, 0.5) is 0 Å². The lowest BCUT2D eigenvalue weighted by atomic mass is 9.44. The van der Waals surface area contributed by atoms with Crippen molar-refractivity contribution in [3.8, 4) is 0 Å². The molecule has 2 aromatic rings. The highest BCUT2D eigenvalue weighted by molar-refractivity contribution is 6.73. The van der Waals surface area contributed by atoms with Crippen LogP contribution < -0.4 is 5.32 Å². The maximum atomic E-state index is 15.2. The van der Waals surface area contributed by atoms with Gasteiger partial charge < -0.3 is 44.0 Å². The molecule has 2 bridgehead atoms. The Bertz CT molecular complexity index is 2160. The molecular formula is C49H65NO13Si. The zero-order valence-electron chi connectivity index (χ0n) is 38.6. The van der Waals surface area contributed by atoms with Gasteiger partial charge in [-0.05, 0) is 74.7 Å². The van der Waals surface area contributed by atoms with Gasteiger partial charge in [0.1, 0.15) is 30.0 Å². The third kappa shape index (κ3) is 8.10. The first-order valence-corrected chi connectivity index (χ1v) is 24.9. The molecule has 0 radical (unpaired) electrons. The van der Waals surface area contributed by atoms with E-state index in [0.29, 0.717) is 29.3 Å². The molecule has 0 spiro atoms. The van der Waals surface area contributed by atoms with Gasteiger partial charge in [0.25, 0.3) is 0 Å². The molecule has 3 fully saturated rings. The normalized spacial score (nSPS) is 32.0. The van der Waals surface area contributed by atoms with Gasteiger partial charge in [-0.1, -0.05) is 89.2 Å². The van der Waals surface area contributed by atoms with Crippen LogP contribution in [0.5, 0.6) is 0 Å². The fraction of sp³-hybridized carbons (Fsp3) is 0.571. The molecule has 11 atom stereocenters. The van der Waals surface area contributed by atoms with Crippen LogP contribution >= 0.6 is 0 Å². The van der Waals surface area contributed by atoms with E-state index in [1.54, 1.807) is 83.2 Å². The summed E-state index contributed by atoms with van der Waals surface area (Å²) < 4.78 is 32.0. The molecule has 348 valence electrons. The zero-order chi connectivity index (χ0) is 47.2. The van der Waals surface area contributed by atoms with Gasteiger partial charge >= 0.3 is 17.9 Å². The van der Waals surface area contributed by atoms with Gasteiger partial charge in [0.15, 0.2) is 25.8 Å². The summed E-state index contributed by atoms with van der Waals surface area (Å²) in [6, 6.07) is 17.9. The monoisotopic (exact) mass is 903 g/mol. The van der Waals surface area contributed by atoms with Crippen molar-refractivity contribution in [1.82, 2.24) is 5.32 Å². The van der Waals surface area contributed by atoms with Crippen LogP contribution in [0.15, 0.2) is 83.5 Å². The fourth-order valence-electron chi connectivity index (χ4n) is 10.9. The van der Waals surface area contributed by atoms with E-state index in [1.807, 2.05) is 26.8 Å². The van der Waals surface area contributed by atoms with Crippen LogP contribution in [0.25, 0.3) is 0 Å². The Morgan fingerprint density at radius 2 is 1.53 bits per heavy atom. The molecule has 3 aliphatic carbocycles. The van der Waals surface area contributed by atoms with Crippen LogP contribution in [0.3, 0.4) is 0 Å². The zero-order valence-corrected chi connectivity index (χ0v) is 39.6. The Morgan fingerprint density at radius 1 is 0.938 bits per heavy atom. The van der Waals surface area contributed by atoms with E-state index in [4.69, 9.17) is 23.4 Å². The van der Waals surface area contributed by atoms with Crippen molar-refractivity contribution >= 4 is 37.9 Å². The Labute approximate surface area is 376 Å². The van der Waals surface area contributed by atoms with Crippen LogP contribution in [0, 0.1) is 16.7 Å². The summed E-state index contributed by atoms with van der Waals surface area (Å²) in [4.78, 5) is 71.4. The molecule has 2 saturated carbocycles. The van der Waals surface area contributed by atoms with Crippen molar-refractivity contribution < 1.29 is 62.7 Å². The summed E-state index contributed by atoms with van der Waals surface area (Å²) >= 11 is 0. The highest BCUT2D eigenvalue weighted by atomic mass is 28.4. The van der Waals surface area contributed by atoms with E-state index >= 15 is 9.59 Å². The number of rotatable bonds is 14. The quantitative estimate of drug-likeness (QED) is 0.0579. The first-order chi connectivity index (χ1) is 30.1. The summed E-state index contributed by atoms with van der Waals surface area (Å²) in [6.07, 6.45) is -7.92. The maximum Gasteiger partial charge on any atom is 0.338 e. The summed E-state index contributed by atoms with van der Waals surface area (Å²) in [6.45, 7) is 16.6. The average molecular weight is 904 g/mol. The number of ketones is 1. The molecular weight excluding hydrogens is 839 g/mol. The molecule has 0 unspecified atom stereocenters. The lowest BCUT2D eigenvalue weighted by molar-refractivity contribution is -0.346. The molecule has 1 heterocycles. The highest BCUT2D eigenvalue weighted by Crippen LogP contribution is 2.64. The first kappa shape index (κ1) is 48.9. The number of aliphatic hydroxyl groups excluding tert-OH is 2. The van der Waals surface area contributed by atoms with Crippen molar-refractivity contribution in [3.63, 3.8) is 0 Å². The minimum absolute atomic E-state index is 0.0127. The minimum atomic E-state index is -2.68. The number of ether oxygens (including phenoxy) is 4. The number of allylic oxidation sites excluding steroid dienone is 1. The molecule has 64 heavy (non-hydrogen) atoms. The van der Waals surface area contributed by atoms with Crippen LogP contribution in [0.1, 0.15) is 104 Å². The second-order valence-corrected chi connectivity index (χ2v) is 23.4. The van der Waals surface area contributed by atoms with Crippen LogP contribution in [0.2, 0.25) is 18.1 Å². The maximum absolute atomic E-state index is 15.2. The number of aliphatic hydroxyl groups is 3. The third-order valence-corrected chi connectivity index (χ3v) is 19.9. The molecule has 4 N–H and O–H groups in total. The number of amides is 1. The standard InChI is InChI=1S/C49H65NO13Si/c1-11-28(5)43(55)50-37(31-21-17-15-18-22-31)39(63-64(12-2,13-3)14-4)45(57)60-33-26-49(58)42(61-44(56)32-23-19-16-20-24-32)40-47(10,41(54)38(53)36(29(33)6)46(49,8)9)34(52)25-35-48(40,27-59-35)62-30(7)51/h11,15-24,33-35,37-40,42,52-53,58H,12-14,25-27H2,1-10H3,(H,50,55)/b28-11+/t33-,34-,35+,37-,38+,39+,40-,42-,47+,48-,49+/m0/s1. The third-order valence-electron chi connectivity index (χ3n) is 15.3. The number of Topliss-reactive ketones (excluding diaryl/α,β-unsaturated/α-hetero) is 1. The summed E-state index contributed by atoms with van der Waals surface area (Å²) in [5, 5.41) is 41.2. The number of hydrogen-bond acceptors (Lipinski definition) is 13. The molecule has 0 aromatic heterocycles. The van der Waals surface area contributed by atoms with Crippen molar-refractivity contribution in [2.45, 2.75) is 154 Å². The van der Waals surface area contributed by atoms with Gasteiger partial charge in [-0.3, -0.25) is 14.4 Å². The summed E-state index contributed by atoms with van der Waals surface area (Å²) in [5.41, 5.74) is -6.23. The lowest BCUT2D eigenvalue weighted by Gasteiger charge is -2.67. The van der Waals surface area contributed by atoms with Gasteiger partial charge in [0.2, 0.25) is 5.91 Å². The second-order valence-electron chi connectivity index (χ2n) is 18.7. The Morgan fingerprint density at radius 3 is 2.06 bits per heavy atom. The van der Waals surface area contributed by atoms with Gasteiger partial charge in [0, 0.05) is 30.8 Å². The smallest absolute Gasteiger partial charge is 0.338 e. The SMILES string of the molecule is C/C=C(\C)C(=O)N[C@@H](c1ccccc1)[C@@H](O[Si](CC)(CC)CC)C(=O)O[C@H]1C[C@@]2(O)[C@@H](OC(=O)c3ccccc3)[C@@H]3[C@]4(OC(C)=O)CO[C@@H]4C[C@H](O)[C@@]3(C)C(=O)[C@H](O)C(=C1C)C2(C)C. The van der Waals surface area contributed by atoms with Crippen molar-refractivity contribution in [2.75, 3.05) is 6.61 Å². The number of benzene rings is 2.